The molecule has 3 rings (SSSR count). The number of fused-ring (bicyclic) bond motifs is 2. The minimum atomic E-state index is -6.08. The third-order valence-electron chi connectivity index (χ3n) is 7.64. The van der Waals surface area contributed by atoms with Crippen LogP contribution in [0, 0.1) is 23.7 Å². The van der Waals surface area contributed by atoms with Gasteiger partial charge in [-0.05, 0) is 43.9 Å². The second-order valence-electron chi connectivity index (χ2n) is 9.44. The van der Waals surface area contributed by atoms with Crippen LogP contribution in [-0.4, -0.2) is 48.6 Å². The van der Waals surface area contributed by atoms with Gasteiger partial charge in [0.1, 0.15) is 13.0 Å². The largest absolute Gasteiger partial charge is 0.426 e. The highest BCUT2D eigenvalue weighted by molar-refractivity contribution is 5.12. The second kappa shape index (κ2) is 8.16. The molecule has 0 aliphatic heterocycles. The molecule has 3 fully saturated rings. The molecule has 0 saturated heterocycles. The van der Waals surface area contributed by atoms with E-state index >= 15 is 4.39 Å². The third kappa shape index (κ3) is 4.01. The number of hydrogen-bond donors (Lipinski definition) is 0. The van der Waals surface area contributed by atoms with Crippen molar-refractivity contribution < 1.29 is 53.4 Å². The van der Waals surface area contributed by atoms with Crippen molar-refractivity contribution >= 4 is 0 Å². The molecule has 0 radical (unpaired) electrons. The van der Waals surface area contributed by atoms with E-state index in [0.29, 0.717) is 6.42 Å². The maximum absolute atomic E-state index is 15.1. The van der Waals surface area contributed by atoms with Crippen molar-refractivity contribution in [2.24, 2.45) is 23.7 Å². The number of rotatable bonds is 7. The van der Waals surface area contributed by atoms with E-state index in [-0.39, 0.29) is 32.1 Å². The van der Waals surface area contributed by atoms with E-state index in [2.05, 4.69) is 4.74 Å². The lowest BCUT2D eigenvalue weighted by atomic mass is 9.82. The Hall–Kier alpha value is -0.780. The molecule has 2 nitrogen and oxygen atoms in total. The molecule has 0 aromatic heterocycles. The summed E-state index contributed by atoms with van der Waals surface area (Å²) < 4.78 is 150. The summed E-state index contributed by atoms with van der Waals surface area (Å²) >= 11 is 0. The van der Waals surface area contributed by atoms with Gasteiger partial charge in [0, 0.05) is 18.8 Å². The quantitative estimate of drug-likeness (QED) is 0.291. The molecule has 3 aliphatic carbocycles. The Morgan fingerprint density at radius 2 is 1.50 bits per heavy atom. The average Bonchev–Trinajstić information content (AvgIpc) is 3.27. The Bertz CT molecular complexity index is 659. The third-order valence-corrected chi connectivity index (χ3v) is 7.64. The summed E-state index contributed by atoms with van der Waals surface area (Å²) in [6.07, 6.45) is -16.5. The molecule has 0 N–H and O–H groups in total. The molecule has 32 heavy (non-hydrogen) atoms. The summed E-state index contributed by atoms with van der Waals surface area (Å²) in [6.45, 7) is -0.0927. The topological polar surface area (TPSA) is 18.5 Å². The van der Waals surface area contributed by atoms with Crippen molar-refractivity contribution in [1.29, 1.82) is 0 Å². The Morgan fingerprint density at radius 3 is 1.91 bits per heavy atom. The zero-order chi connectivity index (χ0) is 24.3. The summed E-state index contributed by atoms with van der Waals surface area (Å²) in [5.41, 5.74) is -8.44. The Morgan fingerprint density at radius 1 is 0.906 bits per heavy atom. The summed E-state index contributed by atoms with van der Waals surface area (Å²) in [4.78, 5) is 0. The van der Waals surface area contributed by atoms with E-state index in [1.54, 1.807) is 0 Å². The lowest BCUT2D eigenvalue weighted by molar-refractivity contribution is -0.411. The first-order valence-corrected chi connectivity index (χ1v) is 10.6. The monoisotopic (exact) mass is 488 g/mol. The van der Waals surface area contributed by atoms with Gasteiger partial charge in [-0.2, -0.15) is 26.3 Å². The highest BCUT2D eigenvalue weighted by Gasteiger charge is 2.79. The van der Waals surface area contributed by atoms with Gasteiger partial charge in [0.2, 0.25) is 0 Å². The minimum Gasteiger partial charge on any atom is -0.352 e. The van der Waals surface area contributed by atoms with E-state index in [4.69, 9.17) is 4.74 Å². The van der Waals surface area contributed by atoms with E-state index in [0.717, 1.165) is 0 Å². The Kier molecular flexibility index (Phi) is 6.59. The van der Waals surface area contributed by atoms with E-state index in [1.165, 1.54) is 6.92 Å². The van der Waals surface area contributed by atoms with E-state index < -0.39 is 79.2 Å². The minimum absolute atomic E-state index is 0.0610. The number of alkyl halides is 10. The first kappa shape index (κ1) is 25.8. The zero-order valence-corrected chi connectivity index (χ0v) is 17.5. The van der Waals surface area contributed by atoms with Crippen LogP contribution in [-0.2, 0) is 9.47 Å². The van der Waals surface area contributed by atoms with Crippen LogP contribution in [0.2, 0.25) is 0 Å². The van der Waals surface area contributed by atoms with Crippen LogP contribution in [0.3, 0.4) is 0 Å². The summed E-state index contributed by atoms with van der Waals surface area (Å²) in [5.74, 6) is -9.21. The van der Waals surface area contributed by atoms with Crippen LogP contribution in [0.5, 0.6) is 0 Å². The molecule has 0 aromatic carbocycles. The van der Waals surface area contributed by atoms with Crippen LogP contribution >= 0.6 is 0 Å². The lowest BCUT2D eigenvalue weighted by Crippen LogP contribution is -2.63. The van der Waals surface area contributed by atoms with Crippen molar-refractivity contribution in [3.63, 3.8) is 0 Å². The van der Waals surface area contributed by atoms with Crippen molar-refractivity contribution in [3.8, 4) is 0 Å². The molecule has 7 unspecified atom stereocenters. The highest BCUT2D eigenvalue weighted by atomic mass is 19.4. The molecule has 0 heterocycles. The van der Waals surface area contributed by atoms with Gasteiger partial charge in [-0.25, -0.2) is 17.6 Å². The highest BCUT2D eigenvalue weighted by Crippen LogP contribution is 2.61. The van der Waals surface area contributed by atoms with Gasteiger partial charge in [0.25, 0.3) is 11.5 Å². The fourth-order valence-corrected chi connectivity index (χ4v) is 5.99. The maximum atomic E-state index is 15.1. The fraction of sp³-hybridized carbons (Fsp3) is 1.00. The first-order valence-electron chi connectivity index (χ1n) is 10.6. The van der Waals surface area contributed by atoms with Gasteiger partial charge in [-0.15, -0.1) is 0 Å². The molecule has 3 aliphatic rings. The standard InChI is InChI=1S/C20H26F10O2/c1-3-11-7-12(8-17(11,24)16(2,22)23)18(19(25,26)27,20(28,29)30)32-9-31-15-6-10-4-13(15)14(21)5-10/h10-15H,3-9H2,1-2H3. The van der Waals surface area contributed by atoms with Gasteiger partial charge >= 0.3 is 12.4 Å². The van der Waals surface area contributed by atoms with Gasteiger partial charge < -0.3 is 9.47 Å². The summed E-state index contributed by atoms with van der Waals surface area (Å²) in [7, 11) is 0. The van der Waals surface area contributed by atoms with Gasteiger partial charge in [-0.3, -0.25) is 0 Å². The maximum Gasteiger partial charge on any atom is 0.426 e. The van der Waals surface area contributed by atoms with Crippen molar-refractivity contribution in [2.75, 3.05) is 6.79 Å². The lowest BCUT2D eigenvalue weighted by Gasteiger charge is -2.42. The molecule has 0 spiro atoms. The van der Waals surface area contributed by atoms with Crippen LogP contribution in [0.25, 0.3) is 0 Å². The van der Waals surface area contributed by atoms with Crippen LogP contribution in [0.1, 0.15) is 52.4 Å². The van der Waals surface area contributed by atoms with E-state index in [9.17, 15) is 39.5 Å². The predicted octanol–water partition coefficient (Wildman–Crippen LogP) is 6.78. The second-order valence-corrected chi connectivity index (χ2v) is 9.44. The molecule has 7 atom stereocenters. The molecule has 188 valence electrons. The zero-order valence-electron chi connectivity index (χ0n) is 17.5. The van der Waals surface area contributed by atoms with Crippen LogP contribution in [0.4, 0.5) is 43.9 Å². The van der Waals surface area contributed by atoms with Gasteiger partial charge in [-0.1, -0.05) is 13.3 Å². The molecule has 2 bridgehead atoms. The Balaban J connectivity index is 1.87. The molecule has 0 aromatic rings. The molecular formula is C20H26F10O2. The fourth-order valence-electron chi connectivity index (χ4n) is 5.99. The predicted molar refractivity (Wildman–Crippen MR) is 92.4 cm³/mol. The van der Waals surface area contributed by atoms with Crippen LogP contribution in [0.15, 0.2) is 0 Å². The summed E-state index contributed by atoms with van der Waals surface area (Å²) in [5, 5.41) is 0. The molecule has 12 heteroatoms. The van der Waals surface area contributed by atoms with Gasteiger partial charge in [0.05, 0.1) is 6.10 Å². The van der Waals surface area contributed by atoms with Crippen molar-refractivity contribution in [1.82, 2.24) is 0 Å². The van der Waals surface area contributed by atoms with Crippen LogP contribution < -0.4 is 0 Å². The van der Waals surface area contributed by atoms with Crippen molar-refractivity contribution in [3.05, 3.63) is 0 Å². The molecule has 3 saturated carbocycles. The SMILES string of the molecule is CCC1CC(C(OCOC2CC3CC(F)C2C3)(C(F)(F)F)C(F)(F)F)CC1(F)C(C)(F)F. The first-order chi connectivity index (χ1) is 14.5. The number of ether oxygens (including phenoxy) is 2. The average molecular weight is 488 g/mol. The number of hydrogen-bond acceptors (Lipinski definition) is 2. The Labute approximate surface area is 179 Å². The molecular weight excluding hydrogens is 462 g/mol. The van der Waals surface area contributed by atoms with E-state index in [1.807, 2.05) is 0 Å². The summed E-state index contributed by atoms with van der Waals surface area (Å²) in [6, 6.07) is 0. The van der Waals surface area contributed by atoms with Crippen molar-refractivity contribution in [2.45, 2.75) is 94.2 Å². The smallest absolute Gasteiger partial charge is 0.352 e. The number of halogens is 10. The molecule has 0 amide bonds. The van der Waals surface area contributed by atoms with Gasteiger partial charge in [0.15, 0.2) is 5.67 Å². The normalized spacial score (nSPS) is 38.6.